The van der Waals surface area contributed by atoms with E-state index in [0.717, 1.165) is 0 Å². The summed E-state index contributed by atoms with van der Waals surface area (Å²) in [6.45, 7) is -0.130. The lowest BCUT2D eigenvalue weighted by Crippen LogP contribution is -2.21. The molecular formula is C9H13NO4S. The minimum absolute atomic E-state index is 0.0377. The molecule has 6 heteroatoms. The van der Waals surface area contributed by atoms with Gasteiger partial charge in [0.1, 0.15) is 11.4 Å². The van der Waals surface area contributed by atoms with Crippen LogP contribution in [0.1, 0.15) is 12.8 Å². The van der Waals surface area contributed by atoms with Crippen molar-refractivity contribution in [1.82, 2.24) is 0 Å². The van der Waals surface area contributed by atoms with Crippen LogP contribution in [0.3, 0.4) is 0 Å². The molecule has 0 fully saturated rings. The fourth-order valence-corrected chi connectivity index (χ4v) is 2.70. The summed E-state index contributed by atoms with van der Waals surface area (Å²) in [7, 11) is -3.50. The Kier molecular flexibility index (Phi) is 4.16. The van der Waals surface area contributed by atoms with Gasteiger partial charge in [-0.25, -0.2) is 8.42 Å². The van der Waals surface area contributed by atoms with E-state index in [1.165, 1.54) is 12.3 Å². The molecule has 1 aliphatic heterocycles. The molecule has 1 rings (SSSR count). The molecule has 0 aromatic carbocycles. The zero-order valence-electron chi connectivity index (χ0n) is 8.22. The van der Waals surface area contributed by atoms with Gasteiger partial charge >= 0.3 is 0 Å². The molecule has 1 N–H and O–H groups in total. The predicted octanol–water partition coefficient (Wildman–Crippen LogP) is -0.289. The second kappa shape index (κ2) is 5.18. The van der Waals surface area contributed by atoms with E-state index in [1.807, 2.05) is 0 Å². The maximum atomic E-state index is 11.6. The van der Waals surface area contributed by atoms with Crippen molar-refractivity contribution in [2.45, 2.75) is 12.8 Å². The highest BCUT2D eigenvalue weighted by Gasteiger charge is 2.24. The number of carbonyl (C=O) groups excluding carboxylic acids is 1. The smallest absolute Gasteiger partial charge is 0.195 e. The quantitative estimate of drug-likeness (QED) is 0.659. The van der Waals surface area contributed by atoms with Gasteiger partial charge in [-0.05, 0) is 18.9 Å². The minimum atomic E-state index is -3.50. The van der Waals surface area contributed by atoms with Gasteiger partial charge < -0.3 is 5.11 Å². The van der Waals surface area contributed by atoms with Gasteiger partial charge in [0.25, 0.3) is 0 Å². The lowest BCUT2D eigenvalue weighted by molar-refractivity contribution is -0.113. The van der Waals surface area contributed by atoms with Gasteiger partial charge in [0.2, 0.25) is 0 Å². The maximum Gasteiger partial charge on any atom is 0.195 e. The van der Waals surface area contributed by atoms with Crippen LogP contribution < -0.4 is 0 Å². The third-order valence-electron chi connectivity index (χ3n) is 2.00. The fraction of sp³-hybridized carbons (Fsp3) is 0.556. The van der Waals surface area contributed by atoms with E-state index in [1.54, 1.807) is 0 Å². The number of nitrogens with zero attached hydrogens (tertiary/aromatic N) is 1. The zero-order chi connectivity index (χ0) is 11.3. The van der Waals surface area contributed by atoms with E-state index in [4.69, 9.17) is 5.11 Å². The number of sulfone groups is 1. The molecule has 0 aromatic rings. The van der Waals surface area contributed by atoms with Crippen LogP contribution in [-0.4, -0.2) is 44.4 Å². The van der Waals surface area contributed by atoms with Crippen LogP contribution in [-0.2, 0) is 14.6 Å². The molecule has 0 spiro atoms. The number of aliphatic imine (C=N–C) groups is 1. The predicted molar refractivity (Wildman–Crippen MR) is 56.6 cm³/mol. The summed E-state index contributed by atoms with van der Waals surface area (Å²) in [4.78, 5) is 14.8. The monoisotopic (exact) mass is 231 g/mol. The molecule has 5 nitrogen and oxygen atoms in total. The fourth-order valence-electron chi connectivity index (χ4n) is 1.22. The molecule has 0 radical (unpaired) electrons. The number of dihydropyridines is 1. The Labute approximate surface area is 88.4 Å². The molecule has 0 aliphatic carbocycles. The second-order valence-corrected chi connectivity index (χ2v) is 5.27. The Bertz CT molecular complexity index is 394. The lowest BCUT2D eigenvalue weighted by atomic mass is 10.3. The average molecular weight is 231 g/mol. The number of carbonyl (C=O) groups is 1. The second-order valence-electron chi connectivity index (χ2n) is 3.19. The van der Waals surface area contributed by atoms with Gasteiger partial charge in [0.15, 0.2) is 15.6 Å². The van der Waals surface area contributed by atoms with E-state index >= 15 is 0 Å². The largest absolute Gasteiger partial charge is 0.396 e. The highest BCUT2D eigenvalue weighted by atomic mass is 32.2. The molecule has 0 unspecified atom stereocenters. The van der Waals surface area contributed by atoms with Crippen molar-refractivity contribution in [2.75, 3.05) is 18.9 Å². The van der Waals surface area contributed by atoms with Crippen molar-refractivity contribution in [2.24, 2.45) is 4.99 Å². The maximum absolute atomic E-state index is 11.6. The topological polar surface area (TPSA) is 83.8 Å². The third kappa shape index (κ3) is 3.24. The molecule has 0 amide bonds. The molecule has 0 aromatic heterocycles. The summed E-state index contributed by atoms with van der Waals surface area (Å²) in [6, 6.07) is 0. The third-order valence-corrected chi connectivity index (χ3v) is 3.86. The van der Waals surface area contributed by atoms with Gasteiger partial charge in [0, 0.05) is 12.8 Å². The van der Waals surface area contributed by atoms with Gasteiger partial charge in [-0.3, -0.25) is 9.79 Å². The Balaban J connectivity index is 2.72. The van der Waals surface area contributed by atoms with Crippen LogP contribution in [0.4, 0.5) is 0 Å². The van der Waals surface area contributed by atoms with Crippen molar-refractivity contribution in [3.05, 3.63) is 11.0 Å². The summed E-state index contributed by atoms with van der Waals surface area (Å²) >= 11 is 0. The van der Waals surface area contributed by atoms with E-state index in [9.17, 15) is 13.2 Å². The lowest BCUT2D eigenvalue weighted by Gasteiger charge is -2.08. The van der Waals surface area contributed by atoms with Crippen molar-refractivity contribution >= 4 is 21.8 Å². The molecular weight excluding hydrogens is 218 g/mol. The van der Waals surface area contributed by atoms with Gasteiger partial charge in [0.05, 0.1) is 5.75 Å². The molecule has 1 aliphatic rings. The van der Waals surface area contributed by atoms with E-state index in [0.29, 0.717) is 12.8 Å². The molecule has 0 saturated carbocycles. The Morgan fingerprint density at radius 2 is 2.13 bits per heavy atom. The molecule has 1 heterocycles. The van der Waals surface area contributed by atoms with Crippen LogP contribution >= 0.6 is 0 Å². The summed E-state index contributed by atoms with van der Waals surface area (Å²) in [5.74, 6) is -0.555. The number of aliphatic hydroxyl groups is 1. The highest BCUT2D eigenvalue weighted by molar-refractivity contribution is 7.96. The van der Waals surface area contributed by atoms with Crippen LogP contribution in [0.25, 0.3) is 0 Å². The summed E-state index contributed by atoms with van der Waals surface area (Å²) in [6.07, 6.45) is 3.36. The van der Waals surface area contributed by atoms with Crippen molar-refractivity contribution in [3.8, 4) is 0 Å². The van der Waals surface area contributed by atoms with Crippen LogP contribution in [0.2, 0.25) is 0 Å². The van der Waals surface area contributed by atoms with Crippen molar-refractivity contribution in [3.63, 3.8) is 0 Å². The van der Waals surface area contributed by atoms with E-state index < -0.39 is 15.6 Å². The van der Waals surface area contributed by atoms with Crippen LogP contribution in [0.15, 0.2) is 16.0 Å². The van der Waals surface area contributed by atoms with Gasteiger partial charge in [-0.15, -0.1) is 0 Å². The van der Waals surface area contributed by atoms with Gasteiger partial charge in [-0.1, -0.05) is 0 Å². The van der Waals surface area contributed by atoms with Crippen molar-refractivity contribution < 1.29 is 18.3 Å². The zero-order valence-corrected chi connectivity index (χ0v) is 9.03. The first-order valence-corrected chi connectivity index (χ1v) is 6.30. The van der Waals surface area contributed by atoms with Gasteiger partial charge in [-0.2, -0.15) is 0 Å². The Hall–Kier alpha value is -1.01. The molecule has 84 valence electrons. The number of unbranched alkanes of at least 4 members (excludes halogenated alkanes) is 1. The number of aliphatic hydroxyl groups excluding tert-OH is 1. The highest BCUT2D eigenvalue weighted by Crippen LogP contribution is 2.13. The van der Waals surface area contributed by atoms with Crippen LogP contribution in [0.5, 0.6) is 0 Å². The number of rotatable bonds is 5. The molecule has 0 atom stereocenters. The number of hydrogen-bond donors (Lipinski definition) is 1. The Morgan fingerprint density at radius 1 is 1.40 bits per heavy atom. The average Bonchev–Trinajstić information content (AvgIpc) is 2.18. The molecule has 0 saturated heterocycles. The SMILES string of the molecule is O=C1CN=CC=C1S(=O)(=O)CCCCO. The number of ketones is 1. The summed E-state index contributed by atoms with van der Waals surface area (Å²) in [5.41, 5.74) is 0. The standard InChI is InChI=1S/C9H13NO4S/c11-5-1-2-6-15(13,14)9-3-4-10-7-8(9)12/h3-4,11H,1-2,5-7H2. The van der Waals surface area contributed by atoms with Crippen molar-refractivity contribution in [1.29, 1.82) is 0 Å². The normalized spacial score (nSPS) is 16.6. The first-order valence-electron chi connectivity index (χ1n) is 4.65. The number of allylic oxidation sites excluding steroid dienone is 1. The van der Waals surface area contributed by atoms with E-state index in [-0.39, 0.29) is 23.8 Å². The summed E-state index contributed by atoms with van der Waals surface area (Å²) in [5, 5.41) is 8.53. The Morgan fingerprint density at radius 3 is 2.73 bits per heavy atom. The summed E-state index contributed by atoms with van der Waals surface area (Å²) < 4.78 is 23.3. The molecule has 15 heavy (non-hydrogen) atoms. The number of Topliss-reactive ketones (excluding diaryl/α,β-unsaturated/α-hetero) is 1. The molecule has 0 bridgehead atoms. The first-order chi connectivity index (χ1) is 7.08. The first kappa shape index (κ1) is 12.1. The van der Waals surface area contributed by atoms with E-state index in [2.05, 4.69) is 4.99 Å². The number of hydrogen-bond acceptors (Lipinski definition) is 5. The minimum Gasteiger partial charge on any atom is -0.396 e. The van der Waals surface area contributed by atoms with Crippen LogP contribution in [0, 0.1) is 0 Å².